The molecule has 0 saturated carbocycles. The molecule has 2 aromatic rings. The van der Waals surface area contributed by atoms with Crippen LogP contribution in [-0.4, -0.2) is 48.6 Å². The summed E-state index contributed by atoms with van der Waals surface area (Å²) < 4.78 is 10.9. The van der Waals surface area contributed by atoms with Crippen LogP contribution in [0.5, 0.6) is 16.6 Å². The Morgan fingerprint density at radius 1 is 1.24 bits per heavy atom. The van der Waals surface area contributed by atoms with E-state index in [0.29, 0.717) is 21.7 Å². The Balaban J connectivity index is 1.37. The van der Waals surface area contributed by atoms with Crippen LogP contribution in [0.1, 0.15) is 22.6 Å². The first kappa shape index (κ1) is 16.4. The van der Waals surface area contributed by atoms with Gasteiger partial charge in [-0.2, -0.15) is 0 Å². The van der Waals surface area contributed by atoms with Crippen LogP contribution in [0.3, 0.4) is 0 Å². The van der Waals surface area contributed by atoms with Gasteiger partial charge in [-0.1, -0.05) is 11.3 Å². The monoisotopic (exact) mass is 359 g/mol. The second kappa shape index (κ2) is 7.01. The number of piperidine rings is 3. The van der Waals surface area contributed by atoms with Crippen LogP contribution in [0.4, 0.5) is 0 Å². The molecule has 0 radical (unpaired) electrons. The Kier molecular flexibility index (Phi) is 4.59. The van der Waals surface area contributed by atoms with E-state index in [-0.39, 0.29) is 11.9 Å². The normalized spacial score (nSPS) is 24.8. The van der Waals surface area contributed by atoms with E-state index in [1.807, 2.05) is 24.3 Å². The van der Waals surface area contributed by atoms with E-state index >= 15 is 0 Å². The molecule has 3 aliphatic rings. The minimum Gasteiger partial charge on any atom is -0.497 e. The van der Waals surface area contributed by atoms with Crippen LogP contribution in [0.25, 0.3) is 0 Å². The zero-order chi connectivity index (χ0) is 17.2. The largest absolute Gasteiger partial charge is 0.497 e. The molecule has 1 N–H and O–H groups in total. The fourth-order valence-corrected chi connectivity index (χ4v) is 4.22. The molecule has 1 aromatic carbocycles. The van der Waals surface area contributed by atoms with E-state index < -0.39 is 0 Å². The third-order valence-electron chi connectivity index (χ3n) is 4.93. The molecule has 0 aliphatic carbocycles. The maximum absolute atomic E-state index is 12.5. The van der Waals surface area contributed by atoms with Gasteiger partial charge in [0.2, 0.25) is 5.06 Å². The molecule has 3 aliphatic heterocycles. The van der Waals surface area contributed by atoms with E-state index in [2.05, 4.69) is 15.2 Å². The maximum atomic E-state index is 12.5. The average molecular weight is 359 g/mol. The van der Waals surface area contributed by atoms with Gasteiger partial charge >= 0.3 is 0 Å². The summed E-state index contributed by atoms with van der Waals surface area (Å²) in [5, 5.41) is 4.20. The topological polar surface area (TPSA) is 63.7 Å². The highest BCUT2D eigenvalue weighted by Gasteiger charge is 2.35. The smallest absolute Gasteiger partial charge is 0.280 e. The molecule has 0 unspecified atom stereocenters. The van der Waals surface area contributed by atoms with Crippen molar-refractivity contribution in [3.8, 4) is 16.6 Å². The van der Waals surface area contributed by atoms with Gasteiger partial charge in [-0.3, -0.25) is 4.79 Å². The predicted molar refractivity (Wildman–Crippen MR) is 95.6 cm³/mol. The number of nitrogens with one attached hydrogen (secondary N) is 1. The minimum atomic E-state index is -0.103. The van der Waals surface area contributed by atoms with Gasteiger partial charge in [0, 0.05) is 12.6 Å². The van der Waals surface area contributed by atoms with Crippen molar-refractivity contribution >= 4 is 17.2 Å². The number of rotatable bonds is 5. The number of ether oxygens (including phenoxy) is 2. The first-order valence-electron chi connectivity index (χ1n) is 8.52. The lowest BCUT2D eigenvalue weighted by molar-refractivity contribution is 0.0620. The standard InChI is InChI=1S/C18H21N3O3S/c1-23-13-2-4-14(5-3-13)24-16-10-19-18(25-16)17(22)20-15-11-21-8-6-12(15)7-9-21/h2-5,10,12,15H,6-9,11H2,1H3,(H,20,22)/t15-/m0/s1. The van der Waals surface area contributed by atoms with E-state index in [9.17, 15) is 4.79 Å². The highest BCUT2D eigenvalue weighted by atomic mass is 32.1. The lowest BCUT2D eigenvalue weighted by Crippen LogP contribution is -2.57. The van der Waals surface area contributed by atoms with Crippen LogP contribution >= 0.6 is 11.3 Å². The van der Waals surface area contributed by atoms with Crippen LogP contribution in [-0.2, 0) is 0 Å². The average Bonchev–Trinajstić information content (AvgIpc) is 3.12. The number of fused-ring (bicyclic) bond motifs is 3. The Morgan fingerprint density at radius 3 is 2.60 bits per heavy atom. The highest BCUT2D eigenvalue weighted by Crippen LogP contribution is 2.30. The fraction of sp³-hybridized carbons (Fsp3) is 0.444. The lowest BCUT2D eigenvalue weighted by atomic mass is 9.84. The molecule has 132 valence electrons. The zero-order valence-corrected chi connectivity index (χ0v) is 14.9. The number of benzene rings is 1. The van der Waals surface area contributed by atoms with Crippen molar-refractivity contribution in [2.45, 2.75) is 18.9 Å². The Bertz CT molecular complexity index is 738. The first-order chi connectivity index (χ1) is 12.2. The molecule has 0 spiro atoms. The molecule has 25 heavy (non-hydrogen) atoms. The summed E-state index contributed by atoms with van der Waals surface area (Å²) >= 11 is 1.26. The van der Waals surface area contributed by atoms with Gasteiger partial charge in [0.1, 0.15) is 11.5 Å². The molecule has 3 saturated heterocycles. The number of methoxy groups -OCH3 is 1. The summed E-state index contributed by atoms with van der Waals surface area (Å²) in [5.74, 6) is 1.96. The van der Waals surface area contributed by atoms with Crippen molar-refractivity contribution in [3.63, 3.8) is 0 Å². The Morgan fingerprint density at radius 2 is 1.96 bits per heavy atom. The van der Waals surface area contributed by atoms with Gasteiger partial charge < -0.3 is 19.7 Å². The third kappa shape index (κ3) is 3.62. The van der Waals surface area contributed by atoms with E-state index in [0.717, 1.165) is 25.4 Å². The van der Waals surface area contributed by atoms with Crippen LogP contribution < -0.4 is 14.8 Å². The van der Waals surface area contributed by atoms with Crippen LogP contribution in [0, 0.1) is 5.92 Å². The maximum Gasteiger partial charge on any atom is 0.280 e. The summed E-state index contributed by atoms with van der Waals surface area (Å²) in [6.07, 6.45) is 3.95. The van der Waals surface area contributed by atoms with E-state index in [1.54, 1.807) is 13.3 Å². The molecule has 2 bridgehead atoms. The second-order valence-corrected chi connectivity index (χ2v) is 7.47. The number of thiazole rings is 1. The van der Waals surface area contributed by atoms with Gasteiger partial charge in [0.05, 0.1) is 13.3 Å². The number of aromatic nitrogens is 1. The molecule has 4 heterocycles. The van der Waals surface area contributed by atoms with Gasteiger partial charge in [-0.25, -0.2) is 4.98 Å². The molecule has 1 amide bonds. The lowest BCUT2D eigenvalue weighted by Gasteiger charge is -2.44. The molecule has 5 rings (SSSR count). The minimum absolute atomic E-state index is 0.103. The number of carbonyl (C=O) groups is 1. The van der Waals surface area contributed by atoms with Gasteiger partial charge in [-0.05, 0) is 56.1 Å². The van der Waals surface area contributed by atoms with Crippen molar-refractivity contribution in [2.75, 3.05) is 26.7 Å². The van der Waals surface area contributed by atoms with Crippen molar-refractivity contribution in [2.24, 2.45) is 5.92 Å². The zero-order valence-electron chi connectivity index (χ0n) is 14.1. The second-order valence-electron chi connectivity index (χ2n) is 6.48. The third-order valence-corrected chi connectivity index (χ3v) is 5.80. The van der Waals surface area contributed by atoms with Crippen LogP contribution in [0.2, 0.25) is 0 Å². The fourth-order valence-electron chi connectivity index (χ4n) is 3.53. The van der Waals surface area contributed by atoms with Gasteiger partial charge in [0.15, 0.2) is 5.01 Å². The van der Waals surface area contributed by atoms with Crippen molar-refractivity contribution in [3.05, 3.63) is 35.5 Å². The highest BCUT2D eigenvalue weighted by molar-refractivity contribution is 7.15. The summed E-state index contributed by atoms with van der Waals surface area (Å²) in [4.78, 5) is 19.1. The van der Waals surface area contributed by atoms with Crippen LogP contribution in [0.15, 0.2) is 30.5 Å². The quantitative estimate of drug-likeness (QED) is 0.889. The molecule has 1 aromatic heterocycles. The summed E-state index contributed by atoms with van der Waals surface area (Å²) in [7, 11) is 1.62. The molecular weight excluding hydrogens is 338 g/mol. The number of amides is 1. The molecule has 3 fully saturated rings. The Labute approximate surface area is 150 Å². The van der Waals surface area contributed by atoms with Gasteiger partial charge in [-0.15, -0.1) is 0 Å². The van der Waals surface area contributed by atoms with E-state index in [1.165, 1.54) is 24.2 Å². The molecular formula is C18H21N3O3S. The first-order valence-corrected chi connectivity index (χ1v) is 9.34. The van der Waals surface area contributed by atoms with Gasteiger partial charge in [0.25, 0.3) is 5.91 Å². The number of hydrogen-bond donors (Lipinski definition) is 1. The summed E-state index contributed by atoms with van der Waals surface area (Å²) in [6.45, 7) is 3.28. The van der Waals surface area contributed by atoms with E-state index in [4.69, 9.17) is 9.47 Å². The Hall–Kier alpha value is -2.12. The number of carbonyl (C=O) groups excluding carboxylic acids is 1. The van der Waals surface area contributed by atoms with Crippen molar-refractivity contribution in [1.29, 1.82) is 0 Å². The predicted octanol–water partition coefficient (Wildman–Crippen LogP) is 2.77. The molecule has 7 heteroatoms. The number of nitrogens with zero attached hydrogens (tertiary/aromatic N) is 2. The summed E-state index contributed by atoms with van der Waals surface area (Å²) in [6, 6.07) is 7.55. The SMILES string of the molecule is COc1ccc(Oc2cnc(C(=O)N[C@H]3CN4CCC3CC4)s2)cc1. The number of hydrogen-bond acceptors (Lipinski definition) is 6. The van der Waals surface area contributed by atoms with Crippen molar-refractivity contribution in [1.82, 2.24) is 15.2 Å². The summed E-state index contributed by atoms with van der Waals surface area (Å²) in [5.41, 5.74) is 0. The molecule has 1 atom stereocenters. The molecule has 6 nitrogen and oxygen atoms in total. The van der Waals surface area contributed by atoms with Crippen molar-refractivity contribution < 1.29 is 14.3 Å².